The number of amides is 1. The molecule has 0 aromatic carbocycles. The first-order valence-electron chi connectivity index (χ1n) is 7.27. The molecule has 8 heteroatoms. The van der Waals surface area contributed by atoms with Gasteiger partial charge in [-0.25, -0.2) is 4.98 Å². The summed E-state index contributed by atoms with van der Waals surface area (Å²) < 4.78 is 0. The molecule has 0 saturated carbocycles. The van der Waals surface area contributed by atoms with Crippen molar-refractivity contribution in [1.29, 1.82) is 0 Å². The fraction of sp³-hybridized carbons (Fsp3) is 0.357. The fourth-order valence-corrected chi connectivity index (χ4v) is 2.62. The van der Waals surface area contributed by atoms with Gasteiger partial charge in [0.25, 0.3) is 5.91 Å². The van der Waals surface area contributed by atoms with E-state index in [-0.39, 0.29) is 17.2 Å². The van der Waals surface area contributed by atoms with Gasteiger partial charge in [0, 0.05) is 13.1 Å². The van der Waals surface area contributed by atoms with E-state index in [9.17, 15) is 4.79 Å². The molecule has 3 rings (SSSR count). The zero-order chi connectivity index (χ0) is 15.5. The van der Waals surface area contributed by atoms with Gasteiger partial charge in [-0.15, -0.1) is 0 Å². The third kappa shape index (κ3) is 2.80. The number of nitrogens with one attached hydrogen (secondary N) is 2. The maximum Gasteiger partial charge on any atom is 0.256 e. The molecule has 2 aromatic rings. The molecule has 0 unspecified atom stereocenters. The van der Waals surface area contributed by atoms with E-state index in [1.165, 1.54) is 19.3 Å². The molecule has 8 nitrogen and oxygen atoms in total. The Balaban J connectivity index is 1.75. The number of pyridine rings is 1. The smallest absolute Gasteiger partial charge is 0.256 e. The molecule has 1 amide bonds. The summed E-state index contributed by atoms with van der Waals surface area (Å²) in [5.41, 5.74) is 12.2. The van der Waals surface area contributed by atoms with Crippen LogP contribution in [0.2, 0.25) is 0 Å². The summed E-state index contributed by atoms with van der Waals surface area (Å²) in [4.78, 5) is 18.1. The number of anilines is 4. The number of piperidine rings is 1. The van der Waals surface area contributed by atoms with Crippen molar-refractivity contribution in [3.63, 3.8) is 0 Å². The van der Waals surface area contributed by atoms with E-state index in [4.69, 9.17) is 11.5 Å². The highest BCUT2D eigenvalue weighted by molar-refractivity contribution is 6.02. The van der Waals surface area contributed by atoms with Gasteiger partial charge in [0.2, 0.25) is 0 Å². The van der Waals surface area contributed by atoms with Crippen LogP contribution in [0.5, 0.6) is 0 Å². The standard InChI is InChI=1S/C14H19N7O/c15-12-11(13(16)22)14(20-19-12)18-10-5-4-9(8-17-10)21-6-2-1-3-7-21/h4-5,8H,1-3,6-7H2,(H2,16,22)(H4,15,17,18,19,20). The first-order chi connectivity index (χ1) is 10.6. The van der Waals surface area contributed by atoms with E-state index in [2.05, 4.69) is 25.4 Å². The average Bonchev–Trinajstić information content (AvgIpc) is 2.90. The highest BCUT2D eigenvalue weighted by Gasteiger charge is 2.17. The second-order valence-electron chi connectivity index (χ2n) is 5.30. The number of hydrogen-bond donors (Lipinski definition) is 4. The van der Waals surface area contributed by atoms with Crippen molar-refractivity contribution in [1.82, 2.24) is 15.2 Å². The summed E-state index contributed by atoms with van der Waals surface area (Å²) in [6, 6.07) is 3.85. The Labute approximate surface area is 127 Å². The summed E-state index contributed by atoms with van der Waals surface area (Å²) >= 11 is 0. The number of aromatic nitrogens is 3. The molecular weight excluding hydrogens is 282 g/mol. The molecule has 1 fully saturated rings. The van der Waals surface area contributed by atoms with Crippen LogP contribution in [-0.4, -0.2) is 34.2 Å². The number of primary amides is 1. The zero-order valence-electron chi connectivity index (χ0n) is 12.2. The predicted octanol–water partition coefficient (Wildman–Crippen LogP) is 1.22. The lowest BCUT2D eigenvalue weighted by Crippen LogP contribution is -2.29. The molecule has 3 heterocycles. The summed E-state index contributed by atoms with van der Waals surface area (Å²) in [7, 11) is 0. The molecule has 0 aliphatic carbocycles. The molecular formula is C14H19N7O. The molecule has 1 aliphatic heterocycles. The molecule has 22 heavy (non-hydrogen) atoms. The number of nitrogen functional groups attached to an aromatic ring is 1. The normalized spacial score (nSPS) is 14.8. The van der Waals surface area contributed by atoms with E-state index < -0.39 is 5.91 Å². The van der Waals surface area contributed by atoms with Crippen LogP contribution >= 0.6 is 0 Å². The maximum atomic E-state index is 11.4. The molecule has 0 spiro atoms. The average molecular weight is 301 g/mol. The Bertz CT molecular complexity index is 658. The highest BCUT2D eigenvalue weighted by Crippen LogP contribution is 2.23. The summed E-state index contributed by atoms with van der Waals surface area (Å²) in [5, 5.41) is 9.41. The largest absolute Gasteiger partial charge is 0.383 e. The van der Waals surface area contributed by atoms with Crippen molar-refractivity contribution >= 4 is 29.0 Å². The lowest BCUT2D eigenvalue weighted by Gasteiger charge is -2.28. The molecule has 0 bridgehead atoms. The quantitative estimate of drug-likeness (QED) is 0.672. The van der Waals surface area contributed by atoms with Crippen LogP contribution in [0.15, 0.2) is 18.3 Å². The van der Waals surface area contributed by atoms with Crippen LogP contribution in [0.4, 0.5) is 23.1 Å². The number of nitrogens with zero attached hydrogens (tertiary/aromatic N) is 3. The number of hydrogen-bond acceptors (Lipinski definition) is 6. The first kappa shape index (κ1) is 14.2. The third-order valence-corrected chi connectivity index (χ3v) is 3.76. The van der Waals surface area contributed by atoms with Crippen molar-refractivity contribution in [2.45, 2.75) is 19.3 Å². The zero-order valence-corrected chi connectivity index (χ0v) is 12.2. The van der Waals surface area contributed by atoms with Crippen molar-refractivity contribution in [2.75, 3.05) is 29.0 Å². The minimum Gasteiger partial charge on any atom is -0.383 e. The first-order valence-corrected chi connectivity index (χ1v) is 7.27. The molecule has 1 aliphatic rings. The molecule has 6 N–H and O–H groups in total. The van der Waals surface area contributed by atoms with Crippen molar-refractivity contribution in [3.05, 3.63) is 23.9 Å². The number of H-pyrrole nitrogens is 1. The van der Waals surface area contributed by atoms with Gasteiger partial charge >= 0.3 is 0 Å². The molecule has 2 aromatic heterocycles. The summed E-state index contributed by atoms with van der Waals surface area (Å²) in [5.74, 6) is 0.358. The fourth-order valence-electron chi connectivity index (χ4n) is 2.62. The molecule has 1 saturated heterocycles. The van der Waals surface area contributed by atoms with E-state index in [0.717, 1.165) is 18.8 Å². The molecule has 116 valence electrons. The van der Waals surface area contributed by atoms with Gasteiger partial charge in [0.15, 0.2) is 5.82 Å². The Morgan fingerprint density at radius 2 is 2.05 bits per heavy atom. The second-order valence-corrected chi connectivity index (χ2v) is 5.30. The second kappa shape index (κ2) is 5.92. The number of carbonyl (C=O) groups excluding carboxylic acids is 1. The topological polar surface area (TPSA) is 126 Å². The van der Waals surface area contributed by atoms with Gasteiger partial charge in [-0.1, -0.05) is 0 Å². The van der Waals surface area contributed by atoms with Gasteiger partial charge in [-0.3, -0.25) is 9.89 Å². The highest BCUT2D eigenvalue weighted by atomic mass is 16.1. The van der Waals surface area contributed by atoms with E-state index >= 15 is 0 Å². The maximum absolute atomic E-state index is 11.4. The van der Waals surface area contributed by atoms with E-state index in [1.807, 2.05) is 18.3 Å². The third-order valence-electron chi connectivity index (χ3n) is 3.76. The van der Waals surface area contributed by atoms with Crippen LogP contribution in [0.3, 0.4) is 0 Å². The Morgan fingerprint density at radius 1 is 1.27 bits per heavy atom. The summed E-state index contributed by atoms with van der Waals surface area (Å²) in [6.07, 6.45) is 5.54. The van der Waals surface area contributed by atoms with Crippen molar-refractivity contribution in [2.24, 2.45) is 5.73 Å². The number of carbonyl (C=O) groups is 1. The lowest BCUT2D eigenvalue weighted by atomic mass is 10.1. The minimum absolute atomic E-state index is 0.139. The Kier molecular flexibility index (Phi) is 3.82. The molecule has 0 radical (unpaired) electrons. The molecule has 0 atom stereocenters. The SMILES string of the molecule is NC(=O)c1c(Nc2ccc(N3CCCCC3)cn2)n[nH]c1N. The Hall–Kier alpha value is -2.77. The van der Waals surface area contributed by atoms with Crippen molar-refractivity contribution < 1.29 is 4.79 Å². The number of aromatic amines is 1. The number of nitrogens with two attached hydrogens (primary N) is 2. The summed E-state index contributed by atoms with van der Waals surface area (Å²) in [6.45, 7) is 2.13. The van der Waals surface area contributed by atoms with Crippen LogP contribution in [0.25, 0.3) is 0 Å². The Morgan fingerprint density at radius 3 is 2.68 bits per heavy atom. The van der Waals surface area contributed by atoms with Gasteiger partial charge in [-0.2, -0.15) is 5.10 Å². The van der Waals surface area contributed by atoms with Crippen molar-refractivity contribution in [3.8, 4) is 0 Å². The van der Waals surface area contributed by atoms with Gasteiger partial charge < -0.3 is 21.7 Å². The van der Waals surface area contributed by atoms with Crippen LogP contribution < -0.4 is 21.7 Å². The van der Waals surface area contributed by atoms with Crippen LogP contribution in [0, 0.1) is 0 Å². The van der Waals surface area contributed by atoms with Gasteiger partial charge in [-0.05, 0) is 31.4 Å². The van der Waals surface area contributed by atoms with Crippen LogP contribution in [0.1, 0.15) is 29.6 Å². The lowest BCUT2D eigenvalue weighted by molar-refractivity contribution is 0.100. The predicted molar refractivity (Wildman–Crippen MR) is 85.1 cm³/mol. The number of rotatable bonds is 4. The van der Waals surface area contributed by atoms with E-state index in [0.29, 0.717) is 5.82 Å². The van der Waals surface area contributed by atoms with E-state index in [1.54, 1.807) is 0 Å². The van der Waals surface area contributed by atoms with Gasteiger partial charge in [0.1, 0.15) is 17.2 Å². The van der Waals surface area contributed by atoms with Gasteiger partial charge in [0.05, 0.1) is 11.9 Å². The minimum atomic E-state index is -0.640. The monoisotopic (exact) mass is 301 g/mol. The van der Waals surface area contributed by atoms with Crippen LogP contribution in [-0.2, 0) is 0 Å².